The number of methoxy groups -OCH3 is 2. The first-order chi connectivity index (χ1) is 20.2. The SMILES string of the molecule is CCc1ccc(N2C(=O)C3C(c4ccc(OC)c(C)c4OC)NC(Cc4c[nH]c5ccccc45)(C(=O)O)C3C2=O)cc1. The Hall–Kier alpha value is -4.63. The number of nitrogens with zero attached hydrogens (tertiary/aromatic N) is 1. The first-order valence-electron chi connectivity index (χ1n) is 14.0. The summed E-state index contributed by atoms with van der Waals surface area (Å²) >= 11 is 0. The number of rotatable bonds is 8. The maximum Gasteiger partial charge on any atom is 0.325 e. The Labute approximate surface area is 243 Å². The Kier molecular flexibility index (Phi) is 6.77. The van der Waals surface area contributed by atoms with E-state index in [1.54, 1.807) is 37.6 Å². The molecule has 4 atom stereocenters. The molecule has 4 aromatic rings. The molecule has 2 amide bonds. The zero-order chi connectivity index (χ0) is 29.8. The average Bonchev–Trinajstić information content (AvgIpc) is 3.65. The molecule has 0 radical (unpaired) electrons. The number of hydrogen-bond acceptors (Lipinski definition) is 6. The van der Waals surface area contributed by atoms with Gasteiger partial charge in [0.2, 0.25) is 11.8 Å². The summed E-state index contributed by atoms with van der Waals surface area (Å²) < 4.78 is 11.3. The van der Waals surface area contributed by atoms with Crippen molar-refractivity contribution in [1.29, 1.82) is 0 Å². The Morgan fingerprint density at radius 2 is 1.74 bits per heavy atom. The fourth-order valence-electron chi connectivity index (χ4n) is 6.85. The van der Waals surface area contributed by atoms with Gasteiger partial charge in [0.05, 0.1) is 31.7 Å². The minimum Gasteiger partial charge on any atom is -0.496 e. The lowest BCUT2D eigenvalue weighted by Gasteiger charge is -2.31. The zero-order valence-corrected chi connectivity index (χ0v) is 23.9. The molecule has 4 unspecified atom stereocenters. The number of aliphatic carboxylic acids is 1. The number of imide groups is 1. The van der Waals surface area contributed by atoms with Crippen LogP contribution < -0.4 is 19.7 Å². The van der Waals surface area contributed by atoms with E-state index in [0.29, 0.717) is 28.3 Å². The maximum absolute atomic E-state index is 14.3. The van der Waals surface area contributed by atoms with Gasteiger partial charge in [-0.2, -0.15) is 0 Å². The van der Waals surface area contributed by atoms with E-state index in [1.165, 1.54) is 12.0 Å². The number of carboxylic acids is 1. The van der Waals surface area contributed by atoms with Crippen molar-refractivity contribution in [3.8, 4) is 11.5 Å². The van der Waals surface area contributed by atoms with E-state index in [0.717, 1.165) is 28.5 Å². The van der Waals surface area contributed by atoms with Crippen molar-refractivity contribution >= 4 is 34.4 Å². The van der Waals surface area contributed by atoms with E-state index in [4.69, 9.17) is 9.47 Å². The highest BCUT2D eigenvalue weighted by molar-refractivity contribution is 6.24. The van der Waals surface area contributed by atoms with Crippen molar-refractivity contribution in [2.24, 2.45) is 11.8 Å². The van der Waals surface area contributed by atoms with Crippen LogP contribution in [0, 0.1) is 18.8 Å². The van der Waals surface area contributed by atoms with Crippen molar-refractivity contribution in [2.45, 2.75) is 38.3 Å². The van der Waals surface area contributed by atoms with Gasteiger partial charge in [-0.05, 0) is 48.7 Å². The van der Waals surface area contributed by atoms with Gasteiger partial charge in [-0.3, -0.25) is 19.7 Å². The van der Waals surface area contributed by atoms with E-state index in [9.17, 15) is 19.5 Å². The van der Waals surface area contributed by atoms with E-state index in [-0.39, 0.29) is 6.42 Å². The summed E-state index contributed by atoms with van der Waals surface area (Å²) in [7, 11) is 3.08. The fraction of sp³-hybridized carbons (Fsp3) is 0.303. The molecule has 2 saturated heterocycles. The van der Waals surface area contributed by atoms with Crippen LogP contribution in [0.3, 0.4) is 0 Å². The molecule has 216 valence electrons. The van der Waals surface area contributed by atoms with Crippen molar-refractivity contribution in [3.05, 3.63) is 89.1 Å². The number of carboxylic acid groups (broad SMARTS) is 1. The number of carbonyl (C=O) groups excluding carboxylic acids is 2. The van der Waals surface area contributed by atoms with Crippen LogP contribution in [0.25, 0.3) is 10.9 Å². The molecule has 0 saturated carbocycles. The highest BCUT2D eigenvalue weighted by atomic mass is 16.5. The van der Waals surface area contributed by atoms with Gasteiger partial charge in [0.15, 0.2) is 0 Å². The van der Waals surface area contributed by atoms with Gasteiger partial charge >= 0.3 is 5.97 Å². The largest absolute Gasteiger partial charge is 0.496 e. The number of H-pyrrole nitrogens is 1. The van der Waals surface area contributed by atoms with Gasteiger partial charge in [0, 0.05) is 40.7 Å². The topological polar surface area (TPSA) is 121 Å². The lowest BCUT2D eigenvalue weighted by molar-refractivity contribution is -0.148. The van der Waals surface area contributed by atoms with Crippen LogP contribution in [0.5, 0.6) is 11.5 Å². The molecule has 1 aromatic heterocycles. The van der Waals surface area contributed by atoms with Crippen LogP contribution in [0.4, 0.5) is 5.69 Å². The second kappa shape index (κ2) is 10.3. The Morgan fingerprint density at radius 3 is 2.40 bits per heavy atom. The molecule has 2 aliphatic rings. The predicted octanol–water partition coefficient (Wildman–Crippen LogP) is 4.57. The number of aromatic amines is 1. The molecular weight excluding hydrogens is 534 g/mol. The summed E-state index contributed by atoms with van der Waals surface area (Å²) in [6.07, 6.45) is 2.58. The number of amides is 2. The lowest BCUT2D eigenvalue weighted by atomic mass is 9.76. The summed E-state index contributed by atoms with van der Waals surface area (Å²) in [4.78, 5) is 46.3. The molecule has 9 heteroatoms. The van der Waals surface area contributed by atoms with Crippen molar-refractivity contribution in [3.63, 3.8) is 0 Å². The second-order valence-corrected chi connectivity index (χ2v) is 11.0. The van der Waals surface area contributed by atoms with Crippen molar-refractivity contribution in [2.75, 3.05) is 19.1 Å². The number of fused-ring (bicyclic) bond motifs is 2. The maximum atomic E-state index is 14.3. The smallest absolute Gasteiger partial charge is 0.325 e. The molecule has 3 N–H and O–H groups in total. The third-order valence-electron chi connectivity index (χ3n) is 8.93. The van der Waals surface area contributed by atoms with E-state index < -0.39 is 41.2 Å². The van der Waals surface area contributed by atoms with Gasteiger partial charge in [0.1, 0.15) is 17.0 Å². The number of anilines is 1. The first kappa shape index (κ1) is 27.5. The number of hydrogen-bond donors (Lipinski definition) is 3. The van der Waals surface area contributed by atoms with Gasteiger partial charge in [0.25, 0.3) is 0 Å². The quantitative estimate of drug-likeness (QED) is 0.267. The Morgan fingerprint density at radius 1 is 1.00 bits per heavy atom. The number of aromatic nitrogens is 1. The highest BCUT2D eigenvalue weighted by Gasteiger charge is 2.69. The standard InChI is InChI=1S/C33H33N3O6/c1-5-19-10-12-21(13-11-19)36-30(37)26-27(31(36)38)33(32(39)40,16-20-17-34-24-9-7-6-8-22(20)24)35-28(26)23-14-15-25(41-3)18(2)29(23)42-4/h6-15,17,26-28,34-35H,5,16H2,1-4H3,(H,39,40). The first-order valence-corrected chi connectivity index (χ1v) is 14.0. The number of para-hydroxylation sites is 1. The normalized spacial score (nSPS) is 23.4. The summed E-state index contributed by atoms with van der Waals surface area (Å²) in [6.45, 7) is 3.87. The van der Waals surface area contributed by atoms with E-state index in [2.05, 4.69) is 10.3 Å². The molecule has 3 heterocycles. The fourth-order valence-corrected chi connectivity index (χ4v) is 6.85. The lowest BCUT2D eigenvalue weighted by Crippen LogP contribution is -2.57. The van der Waals surface area contributed by atoms with Gasteiger partial charge in [-0.1, -0.05) is 43.3 Å². The minimum absolute atomic E-state index is 0.0108. The summed E-state index contributed by atoms with van der Waals surface area (Å²) in [6, 6.07) is 17.6. The van der Waals surface area contributed by atoms with Crippen LogP contribution in [-0.2, 0) is 27.2 Å². The molecular formula is C33H33N3O6. The van der Waals surface area contributed by atoms with Crippen LogP contribution in [0.1, 0.15) is 35.2 Å². The van der Waals surface area contributed by atoms with Crippen molar-refractivity contribution in [1.82, 2.24) is 10.3 Å². The second-order valence-electron chi connectivity index (χ2n) is 11.0. The summed E-state index contributed by atoms with van der Waals surface area (Å²) in [5.41, 5.74) is 2.63. The molecule has 2 aliphatic heterocycles. The molecule has 6 rings (SSSR count). The molecule has 2 fully saturated rings. The van der Waals surface area contributed by atoms with Crippen molar-refractivity contribution < 1.29 is 29.0 Å². The number of ether oxygens (including phenoxy) is 2. The molecule has 9 nitrogen and oxygen atoms in total. The molecule has 3 aromatic carbocycles. The Bertz CT molecular complexity index is 1710. The van der Waals surface area contributed by atoms with Gasteiger partial charge < -0.3 is 19.6 Å². The minimum atomic E-state index is -1.77. The highest BCUT2D eigenvalue weighted by Crippen LogP contribution is 2.53. The van der Waals surface area contributed by atoms with Gasteiger partial charge in [-0.25, -0.2) is 4.90 Å². The third kappa shape index (κ3) is 3.99. The van der Waals surface area contributed by atoms with Crippen LogP contribution in [0.15, 0.2) is 66.9 Å². The predicted molar refractivity (Wildman–Crippen MR) is 158 cm³/mol. The monoisotopic (exact) mass is 567 g/mol. The number of aryl methyl sites for hydroxylation is 1. The number of benzene rings is 3. The van der Waals surface area contributed by atoms with Crippen LogP contribution in [-0.4, -0.2) is 47.6 Å². The average molecular weight is 568 g/mol. The van der Waals surface area contributed by atoms with Crippen LogP contribution in [0.2, 0.25) is 0 Å². The molecule has 0 spiro atoms. The Balaban J connectivity index is 1.53. The third-order valence-corrected chi connectivity index (χ3v) is 8.93. The number of carbonyl (C=O) groups is 3. The number of nitrogens with one attached hydrogen (secondary N) is 2. The van der Waals surface area contributed by atoms with E-state index in [1.807, 2.05) is 50.2 Å². The molecule has 0 aliphatic carbocycles. The summed E-state index contributed by atoms with van der Waals surface area (Å²) in [5, 5.41) is 15.1. The van der Waals surface area contributed by atoms with Crippen LogP contribution >= 0.6 is 0 Å². The summed E-state index contributed by atoms with van der Waals surface area (Å²) in [5.74, 6) is -3.24. The molecule has 42 heavy (non-hydrogen) atoms. The molecule has 0 bridgehead atoms. The van der Waals surface area contributed by atoms with Gasteiger partial charge in [-0.15, -0.1) is 0 Å². The van der Waals surface area contributed by atoms with E-state index >= 15 is 0 Å². The zero-order valence-electron chi connectivity index (χ0n) is 23.9.